The Balaban J connectivity index is 0.00000361. The minimum absolute atomic E-state index is 0. The van der Waals surface area contributed by atoms with Crippen LogP contribution in [0.2, 0.25) is 0 Å². The van der Waals surface area contributed by atoms with Gasteiger partial charge in [0.2, 0.25) is 0 Å². The van der Waals surface area contributed by atoms with Crippen LogP contribution in [-0.2, 0) is 6.54 Å². The molecule has 0 radical (unpaired) electrons. The molecule has 1 aromatic rings. The average molecular weight is 356 g/mol. The summed E-state index contributed by atoms with van der Waals surface area (Å²) in [5.74, 6) is 1.95. The van der Waals surface area contributed by atoms with Crippen molar-refractivity contribution < 1.29 is 4.74 Å². The maximum atomic E-state index is 5.79. The molecule has 0 saturated carbocycles. The molecule has 0 spiro atoms. The van der Waals surface area contributed by atoms with Crippen molar-refractivity contribution in [3.05, 3.63) is 23.8 Å². The quantitative estimate of drug-likeness (QED) is 0.398. The minimum Gasteiger partial charge on any atom is -0.496 e. The van der Waals surface area contributed by atoms with Crippen LogP contribution in [0.15, 0.2) is 23.2 Å². The van der Waals surface area contributed by atoms with Crippen LogP contribution in [0.3, 0.4) is 0 Å². The highest BCUT2D eigenvalue weighted by molar-refractivity contribution is 7.78. The summed E-state index contributed by atoms with van der Waals surface area (Å²) in [6.07, 6.45) is 0. The van der Waals surface area contributed by atoms with E-state index in [1.54, 1.807) is 7.11 Å². The van der Waals surface area contributed by atoms with E-state index in [0.29, 0.717) is 18.3 Å². The van der Waals surface area contributed by atoms with Gasteiger partial charge in [-0.2, -0.15) is 4.99 Å². The van der Waals surface area contributed by atoms with Crippen molar-refractivity contribution in [3.63, 3.8) is 0 Å². The van der Waals surface area contributed by atoms with Gasteiger partial charge in [-0.25, -0.2) is 0 Å². The highest BCUT2D eigenvalue weighted by Gasteiger charge is 2.10. The van der Waals surface area contributed by atoms with Crippen LogP contribution in [0.4, 0.5) is 5.69 Å². The van der Waals surface area contributed by atoms with Crippen molar-refractivity contribution in [2.45, 2.75) is 6.54 Å². The van der Waals surface area contributed by atoms with Crippen molar-refractivity contribution in [3.8, 4) is 5.75 Å². The topological polar surface area (TPSA) is 24.8 Å². The third-order valence-corrected chi connectivity index (χ3v) is 3.06. The monoisotopic (exact) mass is 354 g/mol. The molecule has 0 aliphatic rings. The second-order valence-electron chi connectivity index (χ2n) is 3.85. The van der Waals surface area contributed by atoms with Crippen molar-refractivity contribution in [1.29, 1.82) is 0 Å². The molecular formula is C13H17Cl3N2OS. The normalized spacial score (nSPS) is 9.80. The third kappa shape index (κ3) is 6.40. The largest absolute Gasteiger partial charge is 0.496 e. The Morgan fingerprint density at radius 2 is 1.95 bits per heavy atom. The van der Waals surface area contributed by atoms with Gasteiger partial charge in [-0.05, 0) is 30.4 Å². The molecule has 1 rings (SSSR count). The van der Waals surface area contributed by atoms with Crippen LogP contribution in [0.5, 0.6) is 5.75 Å². The number of thiocarbonyl (C=S) groups is 1. The zero-order valence-corrected chi connectivity index (χ0v) is 14.3. The van der Waals surface area contributed by atoms with Gasteiger partial charge in [0.15, 0.2) is 0 Å². The molecule has 1 aromatic carbocycles. The average Bonchev–Trinajstić information content (AvgIpc) is 2.40. The van der Waals surface area contributed by atoms with Crippen LogP contribution < -0.4 is 4.74 Å². The molecule has 0 saturated heterocycles. The van der Waals surface area contributed by atoms with E-state index in [4.69, 9.17) is 27.9 Å². The molecule has 0 bridgehead atoms. The number of benzene rings is 1. The van der Waals surface area contributed by atoms with Crippen molar-refractivity contribution in [1.82, 2.24) is 4.90 Å². The van der Waals surface area contributed by atoms with Gasteiger partial charge >= 0.3 is 0 Å². The standard InChI is InChI=1S/C13H16Cl2N2OS.ClH/c1-18-13-3-2-12(16-10-19)8-11(13)9-17(6-4-14)7-5-15;/h2-3,8H,4-7,9H2,1H3;1H. The maximum Gasteiger partial charge on any atom is 0.123 e. The Morgan fingerprint density at radius 1 is 1.30 bits per heavy atom. The predicted octanol–water partition coefficient (Wildman–Crippen LogP) is 4.13. The molecular weight excluding hydrogens is 339 g/mol. The first-order valence-electron chi connectivity index (χ1n) is 5.84. The second-order valence-corrected chi connectivity index (χ2v) is 4.79. The lowest BCUT2D eigenvalue weighted by Gasteiger charge is -2.21. The van der Waals surface area contributed by atoms with Gasteiger partial charge in [0.05, 0.1) is 18.0 Å². The van der Waals surface area contributed by atoms with E-state index in [1.165, 1.54) is 0 Å². The number of hydrogen-bond acceptors (Lipinski definition) is 4. The van der Waals surface area contributed by atoms with E-state index in [-0.39, 0.29) is 12.4 Å². The molecule has 20 heavy (non-hydrogen) atoms. The molecule has 0 aliphatic carbocycles. The van der Waals surface area contributed by atoms with E-state index >= 15 is 0 Å². The fraction of sp³-hybridized carbons (Fsp3) is 0.462. The van der Waals surface area contributed by atoms with E-state index in [2.05, 4.69) is 27.3 Å². The molecule has 0 amide bonds. The number of nitrogens with zero attached hydrogens (tertiary/aromatic N) is 2. The molecule has 0 N–H and O–H groups in total. The van der Waals surface area contributed by atoms with E-state index in [0.717, 1.165) is 30.1 Å². The molecule has 7 heteroatoms. The number of hydrogen-bond donors (Lipinski definition) is 0. The highest BCUT2D eigenvalue weighted by Crippen LogP contribution is 2.25. The zero-order valence-electron chi connectivity index (χ0n) is 11.1. The molecule has 0 aliphatic heterocycles. The zero-order chi connectivity index (χ0) is 14.1. The van der Waals surface area contributed by atoms with Crippen molar-refractivity contribution >= 4 is 58.7 Å². The number of alkyl halides is 2. The summed E-state index contributed by atoms with van der Waals surface area (Å²) in [5, 5.41) is 2.36. The SMILES string of the molecule is COc1ccc(N=C=S)cc1CN(CCCl)CCCl.Cl. The Labute approximate surface area is 141 Å². The Kier molecular flexibility index (Phi) is 11.1. The minimum atomic E-state index is 0. The van der Waals surface area contributed by atoms with E-state index in [1.807, 2.05) is 18.2 Å². The number of methoxy groups -OCH3 is 1. The molecule has 0 heterocycles. The van der Waals surface area contributed by atoms with E-state index < -0.39 is 0 Å². The third-order valence-electron chi connectivity index (χ3n) is 2.63. The molecule has 0 unspecified atom stereocenters. The maximum absolute atomic E-state index is 5.79. The Morgan fingerprint density at radius 3 is 2.45 bits per heavy atom. The first-order valence-corrected chi connectivity index (χ1v) is 7.32. The number of isothiocyanates is 1. The molecule has 0 fully saturated rings. The fourth-order valence-corrected chi connectivity index (χ4v) is 2.34. The second kappa shape index (κ2) is 11.3. The summed E-state index contributed by atoms with van der Waals surface area (Å²) in [4.78, 5) is 6.15. The van der Waals surface area contributed by atoms with E-state index in [9.17, 15) is 0 Å². The van der Waals surface area contributed by atoms with Gasteiger partial charge in [0.25, 0.3) is 0 Å². The van der Waals surface area contributed by atoms with Crippen LogP contribution >= 0.6 is 47.8 Å². The van der Waals surface area contributed by atoms with Gasteiger partial charge in [-0.1, -0.05) is 0 Å². The Hall–Kier alpha value is -0.350. The van der Waals surface area contributed by atoms with Gasteiger partial charge in [0.1, 0.15) is 5.75 Å². The van der Waals surface area contributed by atoms with Crippen LogP contribution in [-0.4, -0.2) is 42.0 Å². The number of ether oxygens (including phenoxy) is 1. The van der Waals surface area contributed by atoms with Gasteiger partial charge in [-0.3, -0.25) is 4.90 Å². The summed E-state index contributed by atoms with van der Waals surface area (Å²) in [6.45, 7) is 2.26. The molecule has 112 valence electrons. The molecule has 3 nitrogen and oxygen atoms in total. The summed E-state index contributed by atoms with van der Waals surface area (Å²) in [6, 6.07) is 5.66. The molecule has 0 atom stereocenters. The summed E-state index contributed by atoms with van der Waals surface area (Å²) >= 11 is 16.2. The lowest BCUT2D eigenvalue weighted by Crippen LogP contribution is -2.27. The van der Waals surface area contributed by atoms with Gasteiger partial charge in [-0.15, -0.1) is 35.6 Å². The summed E-state index contributed by atoms with van der Waals surface area (Å²) in [7, 11) is 1.65. The number of rotatable bonds is 8. The van der Waals surface area contributed by atoms with Crippen molar-refractivity contribution in [2.75, 3.05) is 32.0 Å². The van der Waals surface area contributed by atoms with Gasteiger partial charge < -0.3 is 4.74 Å². The number of halogens is 3. The lowest BCUT2D eigenvalue weighted by atomic mass is 10.1. The first kappa shape index (κ1) is 19.7. The highest BCUT2D eigenvalue weighted by atomic mass is 35.5. The predicted molar refractivity (Wildman–Crippen MR) is 91.6 cm³/mol. The van der Waals surface area contributed by atoms with Crippen molar-refractivity contribution in [2.24, 2.45) is 4.99 Å². The summed E-state index contributed by atoms with van der Waals surface area (Å²) in [5.41, 5.74) is 1.80. The molecule has 0 aromatic heterocycles. The van der Waals surface area contributed by atoms with Crippen LogP contribution in [0, 0.1) is 0 Å². The first-order chi connectivity index (χ1) is 9.24. The van der Waals surface area contributed by atoms with Crippen LogP contribution in [0.1, 0.15) is 5.56 Å². The fourth-order valence-electron chi connectivity index (χ4n) is 1.76. The Bertz CT molecular complexity index is 447. The summed E-state index contributed by atoms with van der Waals surface area (Å²) < 4.78 is 5.35. The number of aliphatic imine (C=N–C) groups is 1. The van der Waals surface area contributed by atoms with Crippen LogP contribution in [0.25, 0.3) is 0 Å². The smallest absolute Gasteiger partial charge is 0.123 e. The van der Waals surface area contributed by atoms with Gasteiger partial charge in [0, 0.05) is 37.0 Å². The lowest BCUT2D eigenvalue weighted by molar-refractivity contribution is 0.292.